The molecule has 2 aromatic carbocycles. The first-order valence-corrected chi connectivity index (χ1v) is 9.50. The third kappa shape index (κ3) is 3.70. The van der Waals surface area contributed by atoms with Crippen molar-refractivity contribution in [2.24, 2.45) is 0 Å². The summed E-state index contributed by atoms with van der Waals surface area (Å²) < 4.78 is 0. The molecule has 0 unspecified atom stereocenters. The number of nitrogens with zero attached hydrogens (tertiary/aromatic N) is 3. The summed E-state index contributed by atoms with van der Waals surface area (Å²) in [5.41, 5.74) is 3.02. The highest BCUT2D eigenvalue weighted by molar-refractivity contribution is 7.99. The molecule has 0 radical (unpaired) electrons. The van der Waals surface area contributed by atoms with Crippen LogP contribution in [-0.2, 0) is 6.42 Å². The van der Waals surface area contributed by atoms with Gasteiger partial charge in [0.2, 0.25) is 0 Å². The lowest BCUT2D eigenvalue weighted by molar-refractivity contribution is -0.387. The minimum Gasteiger partial charge on any atom is -0.289 e. The molecule has 1 aliphatic carbocycles. The summed E-state index contributed by atoms with van der Waals surface area (Å²) in [6.45, 7) is 0. The molecule has 1 heterocycles. The Morgan fingerprint density at radius 1 is 1.04 bits per heavy atom. The van der Waals surface area contributed by atoms with Gasteiger partial charge in [-0.15, -0.1) is 0 Å². The molecule has 0 bridgehead atoms. The third-order valence-corrected chi connectivity index (χ3v) is 5.44. The number of benzene rings is 2. The number of carbonyl (C=O) groups is 1. The van der Waals surface area contributed by atoms with Gasteiger partial charge < -0.3 is 0 Å². The molecule has 0 atom stereocenters. The van der Waals surface area contributed by atoms with Crippen LogP contribution in [0.1, 0.15) is 27.9 Å². The van der Waals surface area contributed by atoms with Crippen molar-refractivity contribution in [3.05, 3.63) is 93.3 Å². The second-order valence-corrected chi connectivity index (χ2v) is 7.28. The quantitative estimate of drug-likeness (QED) is 0.277. The van der Waals surface area contributed by atoms with Gasteiger partial charge in [-0.05, 0) is 53.9 Å². The largest absolute Gasteiger partial charge is 0.289 e. The van der Waals surface area contributed by atoms with E-state index in [1.807, 2.05) is 24.3 Å². The van der Waals surface area contributed by atoms with E-state index in [0.717, 1.165) is 23.7 Å². The summed E-state index contributed by atoms with van der Waals surface area (Å²) in [6, 6.07) is 14.2. The number of carbonyl (C=O) groups excluding carboxylic acids is 1. The lowest BCUT2D eigenvalue weighted by atomic mass is 9.86. The van der Waals surface area contributed by atoms with Gasteiger partial charge in [0.1, 0.15) is 0 Å². The van der Waals surface area contributed by atoms with E-state index in [1.165, 1.54) is 6.07 Å². The maximum Gasteiger partial charge on any atom is 0.283 e. The summed E-state index contributed by atoms with van der Waals surface area (Å²) in [5.74, 6) is -0.0133. The molecule has 28 heavy (non-hydrogen) atoms. The fraction of sp³-hybridized carbons (Fsp3) is 0.0952. The molecule has 6 nitrogen and oxygen atoms in total. The number of nitro groups is 1. The van der Waals surface area contributed by atoms with Gasteiger partial charge in [-0.2, -0.15) is 0 Å². The van der Waals surface area contributed by atoms with E-state index in [0.29, 0.717) is 33.2 Å². The van der Waals surface area contributed by atoms with E-state index in [2.05, 4.69) is 9.97 Å². The highest BCUT2D eigenvalue weighted by Gasteiger charge is 2.22. The normalized spacial score (nSPS) is 14.7. The zero-order chi connectivity index (χ0) is 19.5. The topological polar surface area (TPSA) is 86.0 Å². The first kappa shape index (κ1) is 18.1. The van der Waals surface area contributed by atoms with Crippen LogP contribution in [0.4, 0.5) is 5.69 Å². The van der Waals surface area contributed by atoms with E-state index < -0.39 is 4.92 Å². The molecular weight excluding hydrogens is 374 g/mol. The summed E-state index contributed by atoms with van der Waals surface area (Å²) in [7, 11) is 0. The lowest BCUT2D eigenvalue weighted by Crippen LogP contribution is -2.13. The number of Topliss-reactive ketones (excluding diaryl/α,β-unsaturated/α-hetero) is 1. The van der Waals surface area contributed by atoms with Crippen LogP contribution in [0.25, 0.3) is 6.08 Å². The van der Waals surface area contributed by atoms with E-state index >= 15 is 0 Å². The Morgan fingerprint density at radius 2 is 1.82 bits per heavy atom. The Kier molecular flexibility index (Phi) is 4.99. The van der Waals surface area contributed by atoms with Crippen LogP contribution in [0.2, 0.25) is 0 Å². The highest BCUT2D eigenvalue weighted by atomic mass is 32.2. The van der Waals surface area contributed by atoms with Crippen LogP contribution in [0, 0.1) is 10.1 Å². The van der Waals surface area contributed by atoms with Crippen LogP contribution < -0.4 is 0 Å². The van der Waals surface area contributed by atoms with E-state index in [-0.39, 0.29) is 11.5 Å². The highest BCUT2D eigenvalue weighted by Crippen LogP contribution is 2.34. The Bertz CT molecular complexity index is 1100. The van der Waals surface area contributed by atoms with Crippen molar-refractivity contribution in [2.45, 2.75) is 22.9 Å². The van der Waals surface area contributed by atoms with Gasteiger partial charge in [-0.25, -0.2) is 9.97 Å². The predicted octanol–water partition coefficient (Wildman–Crippen LogP) is 4.75. The number of allylic oxidation sites excluding steroid dienone is 1. The number of fused-ring (bicyclic) bond motifs is 1. The van der Waals surface area contributed by atoms with Crippen LogP contribution >= 0.6 is 11.8 Å². The lowest BCUT2D eigenvalue weighted by Gasteiger charge is -2.17. The van der Waals surface area contributed by atoms with Crippen molar-refractivity contribution in [3.63, 3.8) is 0 Å². The number of hydrogen-bond acceptors (Lipinski definition) is 6. The number of rotatable bonds is 4. The molecule has 7 heteroatoms. The molecule has 1 aliphatic rings. The number of aromatic nitrogens is 2. The van der Waals surface area contributed by atoms with Crippen LogP contribution in [0.15, 0.2) is 76.5 Å². The number of aryl methyl sites for hydroxylation is 1. The Labute approximate surface area is 165 Å². The molecule has 138 valence electrons. The molecule has 0 aliphatic heterocycles. The molecule has 0 saturated carbocycles. The minimum absolute atomic E-state index is 0.0133. The predicted molar refractivity (Wildman–Crippen MR) is 106 cm³/mol. The van der Waals surface area contributed by atoms with E-state index in [1.54, 1.807) is 36.7 Å². The molecule has 4 rings (SSSR count). The van der Waals surface area contributed by atoms with Gasteiger partial charge in [-0.1, -0.05) is 30.3 Å². The fourth-order valence-corrected chi connectivity index (χ4v) is 3.94. The van der Waals surface area contributed by atoms with Crippen LogP contribution in [0.5, 0.6) is 0 Å². The molecule has 0 saturated heterocycles. The Morgan fingerprint density at radius 3 is 2.61 bits per heavy atom. The molecule has 0 spiro atoms. The van der Waals surface area contributed by atoms with Crippen molar-refractivity contribution in [3.8, 4) is 0 Å². The third-order valence-electron chi connectivity index (χ3n) is 4.48. The molecule has 0 amide bonds. The standard InChI is InChI=1S/C21H15N3O3S/c25-20-16(8-7-15-4-1-2-5-17(15)20)12-14-6-9-19(18(13-14)24(26)27)28-21-22-10-3-11-23-21/h1-6,9-13H,7-8H2/b16-12-. The second kappa shape index (κ2) is 7.74. The molecule has 1 aromatic heterocycles. The summed E-state index contributed by atoms with van der Waals surface area (Å²) in [6.07, 6.45) is 6.34. The summed E-state index contributed by atoms with van der Waals surface area (Å²) >= 11 is 1.14. The van der Waals surface area contributed by atoms with Gasteiger partial charge >= 0.3 is 0 Å². The monoisotopic (exact) mass is 389 g/mol. The number of hydrogen-bond donors (Lipinski definition) is 0. The SMILES string of the molecule is O=C1/C(=C\c2ccc(Sc3ncccn3)c([N+](=O)[O-])c2)CCc2ccccc21. The van der Waals surface area contributed by atoms with Crippen LogP contribution in [-0.4, -0.2) is 20.7 Å². The van der Waals surface area contributed by atoms with Gasteiger partial charge in [0, 0.05) is 29.6 Å². The van der Waals surface area contributed by atoms with Crippen molar-refractivity contribution >= 4 is 29.3 Å². The van der Waals surface area contributed by atoms with Gasteiger partial charge in [0.05, 0.1) is 9.82 Å². The number of ketones is 1. The van der Waals surface area contributed by atoms with Crippen molar-refractivity contribution in [2.75, 3.05) is 0 Å². The zero-order valence-electron chi connectivity index (χ0n) is 14.7. The average Bonchev–Trinajstić information content (AvgIpc) is 2.72. The number of nitro benzene ring substituents is 1. The maximum atomic E-state index is 12.7. The summed E-state index contributed by atoms with van der Waals surface area (Å²) in [4.78, 5) is 32.5. The molecule has 0 fully saturated rings. The van der Waals surface area contributed by atoms with Gasteiger partial charge in [-0.3, -0.25) is 14.9 Å². The first-order valence-electron chi connectivity index (χ1n) is 8.68. The Hall–Kier alpha value is -3.32. The van der Waals surface area contributed by atoms with E-state index in [9.17, 15) is 14.9 Å². The smallest absolute Gasteiger partial charge is 0.283 e. The van der Waals surface area contributed by atoms with E-state index in [4.69, 9.17) is 0 Å². The van der Waals surface area contributed by atoms with Crippen LogP contribution in [0.3, 0.4) is 0 Å². The Balaban J connectivity index is 1.66. The maximum absolute atomic E-state index is 12.7. The van der Waals surface area contributed by atoms with Crippen molar-refractivity contribution < 1.29 is 9.72 Å². The van der Waals surface area contributed by atoms with Crippen molar-refractivity contribution in [1.82, 2.24) is 9.97 Å². The second-order valence-electron chi connectivity index (χ2n) is 6.27. The molecular formula is C21H15N3O3S. The average molecular weight is 389 g/mol. The molecule has 0 N–H and O–H groups in total. The van der Waals surface area contributed by atoms with Gasteiger partial charge in [0.25, 0.3) is 5.69 Å². The minimum atomic E-state index is -0.425. The molecule has 3 aromatic rings. The van der Waals surface area contributed by atoms with Gasteiger partial charge in [0.15, 0.2) is 10.9 Å². The fourth-order valence-electron chi connectivity index (χ4n) is 3.14. The first-order chi connectivity index (χ1) is 13.6. The summed E-state index contributed by atoms with van der Waals surface area (Å²) in [5, 5.41) is 12.0. The van der Waals surface area contributed by atoms with Crippen molar-refractivity contribution in [1.29, 1.82) is 0 Å². The zero-order valence-corrected chi connectivity index (χ0v) is 15.6.